The van der Waals surface area contributed by atoms with Crippen LogP contribution in [-0.2, 0) is 9.53 Å². The molecule has 0 N–H and O–H groups in total. The molecule has 1 amide bonds. The fourth-order valence-corrected chi connectivity index (χ4v) is 5.12. The van der Waals surface area contributed by atoms with Crippen molar-refractivity contribution in [2.24, 2.45) is 5.92 Å². The predicted octanol–water partition coefficient (Wildman–Crippen LogP) is 2.51. The monoisotopic (exact) mass is 310 g/mol. The van der Waals surface area contributed by atoms with Crippen LogP contribution < -0.4 is 4.90 Å². The number of carbonyl (C=O) groups is 1. The van der Waals surface area contributed by atoms with Crippen LogP contribution in [0.1, 0.15) is 31.4 Å². The van der Waals surface area contributed by atoms with E-state index in [2.05, 4.69) is 49.2 Å². The maximum Gasteiger partial charge on any atom is 0.233 e. The molecule has 4 aliphatic heterocycles. The summed E-state index contributed by atoms with van der Waals surface area (Å²) < 4.78 is 6.31. The SMILES string of the molecule is CCN(C)[C@H]1C[C@@H]2N(C(=O)[C@@H]3C[C@H]4C=C[C@@]23O4)c2ccccc21. The average molecular weight is 310 g/mol. The van der Waals surface area contributed by atoms with Crippen LogP contribution in [0.4, 0.5) is 5.69 Å². The zero-order valence-corrected chi connectivity index (χ0v) is 13.6. The van der Waals surface area contributed by atoms with Gasteiger partial charge in [-0.2, -0.15) is 0 Å². The van der Waals surface area contributed by atoms with E-state index in [4.69, 9.17) is 4.74 Å². The van der Waals surface area contributed by atoms with Gasteiger partial charge in [0.05, 0.1) is 18.1 Å². The molecule has 0 unspecified atom stereocenters. The number of nitrogens with zero attached hydrogens (tertiary/aromatic N) is 2. The Bertz CT molecular complexity index is 715. The molecule has 2 saturated heterocycles. The summed E-state index contributed by atoms with van der Waals surface area (Å²) in [6, 6.07) is 8.86. The van der Waals surface area contributed by atoms with E-state index < -0.39 is 0 Å². The van der Waals surface area contributed by atoms with Gasteiger partial charge in [0.25, 0.3) is 0 Å². The Morgan fingerprint density at radius 1 is 1.35 bits per heavy atom. The first kappa shape index (κ1) is 13.8. The Kier molecular flexibility index (Phi) is 2.67. The third kappa shape index (κ3) is 1.56. The summed E-state index contributed by atoms with van der Waals surface area (Å²) in [5.41, 5.74) is 1.97. The van der Waals surface area contributed by atoms with Gasteiger partial charge in [0.15, 0.2) is 0 Å². The zero-order valence-electron chi connectivity index (χ0n) is 13.6. The molecule has 4 heterocycles. The summed E-state index contributed by atoms with van der Waals surface area (Å²) in [6.07, 6.45) is 6.28. The van der Waals surface area contributed by atoms with Gasteiger partial charge in [-0.05, 0) is 38.1 Å². The molecule has 2 fully saturated rings. The second kappa shape index (κ2) is 4.46. The second-order valence-corrected chi connectivity index (χ2v) is 7.26. The van der Waals surface area contributed by atoms with Gasteiger partial charge in [0.1, 0.15) is 5.60 Å². The molecular weight excluding hydrogens is 288 g/mol. The molecule has 1 aromatic carbocycles. The van der Waals surface area contributed by atoms with Crippen molar-refractivity contribution < 1.29 is 9.53 Å². The van der Waals surface area contributed by atoms with E-state index in [9.17, 15) is 4.79 Å². The average Bonchev–Trinajstić information content (AvgIpc) is 3.24. The van der Waals surface area contributed by atoms with Crippen LogP contribution in [0.3, 0.4) is 0 Å². The maximum atomic E-state index is 13.1. The number of benzene rings is 1. The van der Waals surface area contributed by atoms with E-state index in [1.807, 2.05) is 11.0 Å². The second-order valence-electron chi connectivity index (χ2n) is 7.26. The molecule has 1 spiro atoms. The Labute approximate surface area is 136 Å². The fraction of sp³-hybridized carbons (Fsp3) is 0.526. The Morgan fingerprint density at radius 2 is 2.17 bits per heavy atom. The van der Waals surface area contributed by atoms with Crippen LogP contribution in [-0.4, -0.2) is 42.1 Å². The summed E-state index contributed by atoms with van der Waals surface area (Å²) in [5.74, 6) is 0.258. The van der Waals surface area contributed by atoms with Gasteiger partial charge >= 0.3 is 0 Å². The number of fused-ring (bicyclic) bond motifs is 4. The Hall–Kier alpha value is -1.65. The van der Waals surface area contributed by atoms with E-state index in [0.29, 0.717) is 6.04 Å². The molecule has 2 bridgehead atoms. The van der Waals surface area contributed by atoms with E-state index in [0.717, 1.165) is 25.1 Å². The van der Waals surface area contributed by atoms with Gasteiger partial charge in [0, 0.05) is 11.7 Å². The third-order valence-corrected chi connectivity index (χ3v) is 6.34. The van der Waals surface area contributed by atoms with Crippen molar-refractivity contribution in [2.45, 2.75) is 43.6 Å². The van der Waals surface area contributed by atoms with Crippen LogP contribution in [0.25, 0.3) is 0 Å². The van der Waals surface area contributed by atoms with Crippen molar-refractivity contribution >= 4 is 11.6 Å². The van der Waals surface area contributed by atoms with Gasteiger partial charge in [-0.1, -0.05) is 37.3 Å². The van der Waals surface area contributed by atoms with Gasteiger partial charge < -0.3 is 9.64 Å². The zero-order chi connectivity index (χ0) is 15.8. The molecule has 4 aliphatic rings. The molecule has 1 aromatic rings. The first-order valence-corrected chi connectivity index (χ1v) is 8.65. The maximum absolute atomic E-state index is 13.1. The summed E-state index contributed by atoms with van der Waals surface area (Å²) in [7, 11) is 2.17. The highest BCUT2D eigenvalue weighted by Crippen LogP contribution is 2.57. The highest BCUT2D eigenvalue weighted by atomic mass is 16.5. The van der Waals surface area contributed by atoms with Crippen molar-refractivity contribution in [1.29, 1.82) is 0 Å². The number of ether oxygens (including phenoxy) is 1. The van der Waals surface area contributed by atoms with E-state index in [-0.39, 0.29) is 29.6 Å². The lowest BCUT2D eigenvalue weighted by atomic mass is 9.78. The molecule has 4 heteroatoms. The van der Waals surface area contributed by atoms with E-state index in [1.54, 1.807) is 0 Å². The summed E-state index contributed by atoms with van der Waals surface area (Å²) in [5, 5.41) is 0. The molecule has 5 atom stereocenters. The van der Waals surface area contributed by atoms with Crippen LogP contribution >= 0.6 is 0 Å². The normalized spacial score (nSPS) is 39.8. The minimum atomic E-state index is -0.387. The Morgan fingerprint density at radius 3 is 2.96 bits per heavy atom. The highest BCUT2D eigenvalue weighted by molar-refractivity contribution is 6.02. The third-order valence-electron chi connectivity index (χ3n) is 6.34. The van der Waals surface area contributed by atoms with Crippen LogP contribution in [0.5, 0.6) is 0 Å². The van der Waals surface area contributed by atoms with Gasteiger partial charge in [-0.3, -0.25) is 9.69 Å². The predicted molar refractivity (Wildman–Crippen MR) is 88.2 cm³/mol. The summed E-state index contributed by atoms with van der Waals surface area (Å²) >= 11 is 0. The molecular formula is C19H22N2O2. The van der Waals surface area contributed by atoms with Crippen molar-refractivity contribution in [2.75, 3.05) is 18.5 Å². The molecule has 4 nitrogen and oxygen atoms in total. The lowest BCUT2D eigenvalue weighted by molar-refractivity contribution is -0.121. The van der Waals surface area contributed by atoms with Crippen LogP contribution in [0, 0.1) is 5.92 Å². The van der Waals surface area contributed by atoms with Crippen molar-refractivity contribution in [3.05, 3.63) is 42.0 Å². The standard InChI is InChI=1S/C19H22N2O2/c1-3-20(2)16-11-17-19-9-8-12(23-19)10-14(19)18(22)21(17)15-7-5-4-6-13(15)16/h4-9,12,14,16-17H,3,10-11H2,1-2H3/t12-,14+,16+,17+,19+/m1/s1. The molecule has 5 rings (SSSR count). The number of anilines is 1. The largest absolute Gasteiger partial charge is 0.361 e. The lowest BCUT2D eigenvalue weighted by Crippen LogP contribution is -2.50. The first-order chi connectivity index (χ1) is 11.2. The smallest absolute Gasteiger partial charge is 0.233 e. The fourth-order valence-electron chi connectivity index (χ4n) is 5.12. The first-order valence-electron chi connectivity index (χ1n) is 8.65. The lowest BCUT2D eigenvalue weighted by Gasteiger charge is -2.43. The van der Waals surface area contributed by atoms with Crippen molar-refractivity contribution in [3.8, 4) is 0 Å². The molecule has 0 aromatic heterocycles. The highest BCUT2D eigenvalue weighted by Gasteiger charge is 2.67. The Balaban J connectivity index is 1.67. The van der Waals surface area contributed by atoms with Crippen molar-refractivity contribution in [3.63, 3.8) is 0 Å². The van der Waals surface area contributed by atoms with E-state index in [1.165, 1.54) is 5.56 Å². The van der Waals surface area contributed by atoms with Gasteiger partial charge in [-0.15, -0.1) is 0 Å². The summed E-state index contributed by atoms with van der Waals surface area (Å²) in [6.45, 7) is 3.18. The minimum Gasteiger partial charge on any atom is -0.361 e. The molecule has 0 radical (unpaired) electrons. The van der Waals surface area contributed by atoms with Crippen LogP contribution in [0.2, 0.25) is 0 Å². The number of amides is 1. The van der Waals surface area contributed by atoms with Gasteiger partial charge in [-0.25, -0.2) is 0 Å². The number of carbonyl (C=O) groups excluding carboxylic acids is 1. The topological polar surface area (TPSA) is 32.8 Å². The van der Waals surface area contributed by atoms with E-state index >= 15 is 0 Å². The number of rotatable bonds is 2. The number of hydrogen-bond donors (Lipinski definition) is 0. The quantitative estimate of drug-likeness (QED) is 0.787. The minimum absolute atomic E-state index is 0.00115. The summed E-state index contributed by atoms with van der Waals surface area (Å²) in [4.78, 5) is 17.5. The molecule has 0 aliphatic carbocycles. The molecule has 120 valence electrons. The number of hydrogen-bond acceptors (Lipinski definition) is 3. The van der Waals surface area contributed by atoms with Gasteiger partial charge in [0.2, 0.25) is 5.91 Å². The molecule has 0 saturated carbocycles. The number of para-hydroxylation sites is 1. The van der Waals surface area contributed by atoms with Crippen molar-refractivity contribution in [1.82, 2.24) is 4.90 Å². The molecule has 23 heavy (non-hydrogen) atoms. The van der Waals surface area contributed by atoms with Crippen LogP contribution in [0.15, 0.2) is 36.4 Å².